The van der Waals surface area contributed by atoms with Crippen LogP contribution in [0.2, 0.25) is 0 Å². The minimum absolute atomic E-state index is 0.104. The zero-order chi connectivity index (χ0) is 14.7. The van der Waals surface area contributed by atoms with Crippen molar-refractivity contribution in [3.05, 3.63) is 68.8 Å². The van der Waals surface area contributed by atoms with Gasteiger partial charge in [0.05, 0.1) is 9.85 Å². The van der Waals surface area contributed by atoms with E-state index in [1.54, 1.807) is 43.4 Å². The van der Waals surface area contributed by atoms with Crippen LogP contribution in [0, 0.1) is 20.2 Å². The number of nitro groups is 2. The van der Waals surface area contributed by atoms with Crippen LogP contribution in [0.5, 0.6) is 0 Å². The van der Waals surface area contributed by atoms with Gasteiger partial charge in [-0.15, -0.1) is 0 Å². The number of rotatable bonds is 4. The fraction of sp³-hybridized carbons (Fsp3) is 0.0769. The summed E-state index contributed by atoms with van der Waals surface area (Å²) in [5.74, 6) is 0. The molecule has 0 amide bonds. The molecule has 0 saturated carbocycles. The molecule has 2 aromatic rings. The van der Waals surface area contributed by atoms with E-state index in [9.17, 15) is 20.2 Å². The molecule has 7 nitrogen and oxygen atoms in total. The predicted octanol–water partition coefficient (Wildman–Crippen LogP) is 3.27. The molecule has 0 aromatic heterocycles. The summed E-state index contributed by atoms with van der Waals surface area (Å²) in [7, 11) is 1.56. The van der Waals surface area contributed by atoms with Crippen LogP contribution in [0.25, 0.3) is 0 Å². The molecular weight excluding hydrogens is 262 g/mol. The number of benzene rings is 2. The van der Waals surface area contributed by atoms with Gasteiger partial charge in [0.2, 0.25) is 0 Å². The number of anilines is 2. The molecule has 0 aliphatic carbocycles. The Morgan fingerprint density at radius 2 is 1.15 bits per heavy atom. The van der Waals surface area contributed by atoms with Gasteiger partial charge in [-0.2, -0.15) is 0 Å². The first kappa shape index (κ1) is 13.5. The Labute approximate surface area is 114 Å². The molecule has 0 atom stereocenters. The second-order valence-electron chi connectivity index (χ2n) is 4.05. The molecule has 7 heteroatoms. The summed E-state index contributed by atoms with van der Waals surface area (Å²) in [5.41, 5.74) is 0.389. The van der Waals surface area contributed by atoms with Gasteiger partial charge in [-0.3, -0.25) is 20.2 Å². The molecule has 0 bridgehead atoms. The van der Waals surface area contributed by atoms with Crippen molar-refractivity contribution in [2.75, 3.05) is 11.9 Å². The highest BCUT2D eigenvalue weighted by atomic mass is 16.6. The van der Waals surface area contributed by atoms with Gasteiger partial charge in [0.25, 0.3) is 11.4 Å². The van der Waals surface area contributed by atoms with Crippen molar-refractivity contribution >= 4 is 22.7 Å². The summed E-state index contributed by atoms with van der Waals surface area (Å²) in [6, 6.07) is 12.2. The van der Waals surface area contributed by atoms with Gasteiger partial charge >= 0.3 is 0 Å². The Kier molecular flexibility index (Phi) is 3.60. The van der Waals surface area contributed by atoms with Crippen LogP contribution in [-0.2, 0) is 0 Å². The van der Waals surface area contributed by atoms with Crippen molar-refractivity contribution in [2.45, 2.75) is 0 Å². The lowest BCUT2D eigenvalue weighted by Gasteiger charge is -2.18. The van der Waals surface area contributed by atoms with E-state index in [-0.39, 0.29) is 11.4 Å². The number of hydrogen-bond acceptors (Lipinski definition) is 5. The average molecular weight is 273 g/mol. The van der Waals surface area contributed by atoms with E-state index in [2.05, 4.69) is 0 Å². The number of nitro benzene ring substituents is 2. The molecule has 0 aliphatic heterocycles. The number of nitrogens with zero attached hydrogens (tertiary/aromatic N) is 3. The Morgan fingerprint density at radius 3 is 1.50 bits per heavy atom. The minimum Gasteiger partial charge on any atom is -0.333 e. The van der Waals surface area contributed by atoms with Gasteiger partial charge < -0.3 is 4.90 Å². The zero-order valence-electron chi connectivity index (χ0n) is 10.6. The summed E-state index contributed by atoms with van der Waals surface area (Å²) < 4.78 is 0. The van der Waals surface area contributed by atoms with E-state index in [0.29, 0.717) is 11.4 Å². The molecule has 0 aliphatic rings. The lowest BCUT2D eigenvalue weighted by atomic mass is 10.2. The lowest BCUT2D eigenvalue weighted by molar-refractivity contribution is -0.384. The van der Waals surface area contributed by atoms with Crippen LogP contribution in [0.4, 0.5) is 22.7 Å². The normalized spacial score (nSPS) is 10.1. The van der Waals surface area contributed by atoms with Crippen LogP contribution in [-0.4, -0.2) is 16.9 Å². The van der Waals surface area contributed by atoms with Gasteiger partial charge in [0, 0.05) is 19.2 Å². The van der Waals surface area contributed by atoms with Crippen LogP contribution < -0.4 is 4.90 Å². The summed E-state index contributed by atoms with van der Waals surface area (Å²) >= 11 is 0. The predicted molar refractivity (Wildman–Crippen MR) is 74.3 cm³/mol. The second-order valence-corrected chi connectivity index (χ2v) is 4.05. The molecule has 0 heterocycles. The summed E-state index contributed by atoms with van der Waals surface area (Å²) in [5, 5.41) is 22.0. The van der Waals surface area contributed by atoms with E-state index < -0.39 is 9.85 Å². The highest BCUT2D eigenvalue weighted by Crippen LogP contribution is 2.36. The molecule has 0 N–H and O–H groups in total. The molecule has 2 rings (SSSR count). The molecule has 20 heavy (non-hydrogen) atoms. The topological polar surface area (TPSA) is 89.5 Å². The second kappa shape index (κ2) is 5.35. The van der Waals surface area contributed by atoms with Crippen molar-refractivity contribution in [2.24, 2.45) is 0 Å². The SMILES string of the molecule is CN(c1ccccc1[N+](=O)[O-])c1ccccc1[N+](=O)[O-]. The number of para-hydroxylation sites is 4. The fourth-order valence-electron chi connectivity index (χ4n) is 1.93. The smallest absolute Gasteiger partial charge is 0.292 e. The van der Waals surface area contributed by atoms with E-state index >= 15 is 0 Å². The monoisotopic (exact) mass is 273 g/mol. The molecular formula is C13H11N3O4. The zero-order valence-corrected chi connectivity index (χ0v) is 10.6. The van der Waals surface area contributed by atoms with Gasteiger partial charge in [-0.1, -0.05) is 24.3 Å². The van der Waals surface area contributed by atoms with Crippen molar-refractivity contribution in [3.8, 4) is 0 Å². The third kappa shape index (κ3) is 2.41. The molecule has 0 saturated heterocycles. The van der Waals surface area contributed by atoms with E-state index in [1.165, 1.54) is 17.0 Å². The standard InChI is InChI=1S/C13H11N3O4/c1-14(10-6-2-4-8-12(10)15(17)18)11-7-3-5-9-13(11)16(19)20/h2-9H,1H3. The highest BCUT2D eigenvalue weighted by Gasteiger charge is 2.22. The summed E-state index contributed by atoms with van der Waals surface area (Å²) in [6.07, 6.45) is 0. The van der Waals surface area contributed by atoms with E-state index in [4.69, 9.17) is 0 Å². The Bertz CT molecular complexity index is 615. The maximum absolute atomic E-state index is 11.0. The van der Waals surface area contributed by atoms with Crippen molar-refractivity contribution < 1.29 is 9.85 Å². The van der Waals surface area contributed by atoms with Crippen LogP contribution in [0.3, 0.4) is 0 Å². The van der Waals surface area contributed by atoms with Gasteiger partial charge in [-0.05, 0) is 12.1 Å². The lowest BCUT2D eigenvalue weighted by Crippen LogP contribution is -2.13. The number of hydrogen-bond donors (Lipinski definition) is 0. The Morgan fingerprint density at radius 1 is 0.800 bits per heavy atom. The summed E-state index contributed by atoms with van der Waals surface area (Å²) in [4.78, 5) is 22.5. The third-order valence-corrected chi connectivity index (χ3v) is 2.88. The van der Waals surface area contributed by atoms with Crippen molar-refractivity contribution in [1.82, 2.24) is 0 Å². The van der Waals surface area contributed by atoms with Crippen LogP contribution >= 0.6 is 0 Å². The maximum atomic E-state index is 11.0. The Balaban J connectivity index is 2.55. The molecule has 2 aromatic carbocycles. The largest absolute Gasteiger partial charge is 0.333 e. The van der Waals surface area contributed by atoms with Crippen molar-refractivity contribution in [3.63, 3.8) is 0 Å². The quantitative estimate of drug-likeness (QED) is 0.630. The molecule has 0 radical (unpaired) electrons. The molecule has 0 spiro atoms. The first-order chi connectivity index (χ1) is 9.52. The van der Waals surface area contributed by atoms with E-state index in [1.807, 2.05) is 0 Å². The van der Waals surface area contributed by atoms with Gasteiger partial charge in [0.1, 0.15) is 11.4 Å². The highest BCUT2D eigenvalue weighted by molar-refractivity contribution is 5.76. The first-order valence-electron chi connectivity index (χ1n) is 5.73. The minimum atomic E-state index is -0.513. The van der Waals surface area contributed by atoms with Gasteiger partial charge in [-0.25, -0.2) is 0 Å². The summed E-state index contributed by atoms with van der Waals surface area (Å²) in [6.45, 7) is 0. The third-order valence-electron chi connectivity index (χ3n) is 2.88. The fourth-order valence-corrected chi connectivity index (χ4v) is 1.93. The van der Waals surface area contributed by atoms with Gasteiger partial charge in [0.15, 0.2) is 0 Å². The molecule has 0 unspecified atom stereocenters. The van der Waals surface area contributed by atoms with Crippen LogP contribution in [0.15, 0.2) is 48.5 Å². The Hall–Kier alpha value is -2.96. The average Bonchev–Trinajstić information content (AvgIpc) is 2.46. The van der Waals surface area contributed by atoms with E-state index in [0.717, 1.165) is 0 Å². The first-order valence-corrected chi connectivity index (χ1v) is 5.73. The molecule has 0 fully saturated rings. The molecule has 102 valence electrons. The van der Waals surface area contributed by atoms with Crippen LogP contribution in [0.1, 0.15) is 0 Å². The van der Waals surface area contributed by atoms with Crippen molar-refractivity contribution in [1.29, 1.82) is 0 Å². The maximum Gasteiger partial charge on any atom is 0.292 e.